The monoisotopic (exact) mass is 264 g/mol. The second-order valence-electron chi connectivity index (χ2n) is 4.86. The summed E-state index contributed by atoms with van der Waals surface area (Å²) in [5, 5.41) is 20.1. The van der Waals surface area contributed by atoms with E-state index in [-0.39, 0.29) is 12.0 Å². The van der Waals surface area contributed by atoms with Gasteiger partial charge in [-0.1, -0.05) is 0 Å². The highest BCUT2D eigenvalue weighted by atomic mass is 16.3. The van der Waals surface area contributed by atoms with Crippen LogP contribution in [0.3, 0.4) is 0 Å². The van der Waals surface area contributed by atoms with E-state index in [0.29, 0.717) is 29.9 Å². The zero-order valence-corrected chi connectivity index (χ0v) is 10.2. The molecule has 2 aromatic rings. The van der Waals surface area contributed by atoms with E-state index in [1.54, 1.807) is 10.9 Å². The SMILES string of the molecule is NCC1CC(n2cnc3c(N)ncnc32)C(O)C1O. The Bertz CT molecular complexity index is 600. The van der Waals surface area contributed by atoms with E-state index >= 15 is 0 Å². The number of aliphatic hydroxyl groups excluding tert-OH is 2. The summed E-state index contributed by atoms with van der Waals surface area (Å²) in [6.45, 7) is 0.332. The predicted octanol–water partition coefficient (Wildman–Crippen LogP) is -1.35. The van der Waals surface area contributed by atoms with Gasteiger partial charge in [-0.15, -0.1) is 0 Å². The molecule has 6 N–H and O–H groups in total. The highest BCUT2D eigenvalue weighted by Gasteiger charge is 2.42. The van der Waals surface area contributed by atoms with Gasteiger partial charge in [0.2, 0.25) is 0 Å². The van der Waals surface area contributed by atoms with Crippen LogP contribution in [0.1, 0.15) is 12.5 Å². The molecule has 3 rings (SSSR count). The lowest BCUT2D eigenvalue weighted by Crippen LogP contribution is -2.31. The molecule has 1 saturated carbocycles. The third-order valence-electron chi connectivity index (χ3n) is 3.82. The van der Waals surface area contributed by atoms with Crippen LogP contribution in [0.15, 0.2) is 12.7 Å². The van der Waals surface area contributed by atoms with Gasteiger partial charge in [-0.25, -0.2) is 15.0 Å². The van der Waals surface area contributed by atoms with E-state index in [0.717, 1.165) is 0 Å². The third-order valence-corrected chi connectivity index (χ3v) is 3.82. The molecule has 1 aliphatic carbocycles. The molecule has 102 valence electrons. The van der Waals surface area contributed by atoms with Gasteiger partial charge >= 0.3 is 0 Å². The van der Waals surface area contributed by atoms with Gasteiger partial charge < -0.3 is 26.2 Å². The van der Waals surface area contributed by atoms with Crippen molar-refractivity contribution < 1.29 is 10.2 Å². The van der Waals surface area contributed by atoms with Crippen LogP contribution < -0.4 is 11.5 Å². The molecular weight excluding hydrogens is 248 g/mol. The lowest BCUT2D eigenvalue weighted by molar-refractivity contribution is 0.00815. The summed E-state index contributed by atoms with van der Waals surface area (Å²) < 4.78 is 1.73. The van der Waals surface area contributed by atoms with Crippen molar-refractivity contribution in [3.8, 4) is 0 Å². The second kappa shape index (κ2) is 4.41. The number of rotatable bonds is 2. The molecule has 1 aliphatic rings. The average molecular weight is 264 g/mol. The van der Waals surface area contributed by atoms with Crippen molar-refractivity contribution in [1.82, 2.24) is 19.5 Å². The summed E-state index contributed by atoms with van der Waals surface area (Å²) in [4.78, 5) is 12.2. The van der Waals surface area contributed by atoms with Crippen LogP contribution in [-0.4, -0.2) is 48.5 Å². The number of aromatic nitrogens is 4. The molecule has 2 aromatic heterocycles. The molecular formula is C11H16N6O2. The van der Waals surface area contributed by atoms with Crippen LogP contribution in [0.5, 0.6) is 0 Å². The minimum Gasteiger partial charge on any atom is -0.390 e. The number of nitrogens with zero attached hydrogens (tertiary/aromatic N) is 4. The molecule has 8 nitrogen and oxygen atoms in total. The molecule has 0 spiro atoms. The topological polar surface area (TPSA) is 136 Å². The number of nitrogen functional groups attached to an aromatic ring is 1. The molecule has 0 aromatic carbocycles. The fourth-order valence-corrected chi connectivity index (χ4v) is 2.72. The first-order valence-corrected chi connectivity index (χ1v) is 6.12. The van der Waals surface area contributed by atoms with Crippen LogP contribution in [-0.2, 0) is 0 Å². The molecule has 4 atom stereocenters. The minimum atomic E-state index is -0.887. The third kappa shape index (κ3) is 1.76. The highest BCUT2D eigenvalue weighted by molar-refractivity contribution is 5.81. The maximum Gasteiger partial charge on any atom is 0.165 e. The number of imidazole rings is 1. The van der Waals surface area contributed by atoms with Crippen molar-refractivity contribution in [2.24, 2.45) is 11.7 Å². The number of aliphatic hydroxyl groups is 2. The molecule has 8 heteroatoms. The van der Waals surface area contributed by atoms with Gasteiger partial charge in [0.05, 0.1) is 18.5 Å². The molecule has 1 fully saturated rings. The maximum atomic E-state index is 10.1. The zero-order valence-electron chi connectivity index (χ0n) is 10.2. The van der Waals surface area contributed by atoms with Crippen molar-refractivity contribution in [2.75, 3.05) is 12.3 Å². The Hall–Kier alpha value is -1.77. The van der Waals surface area contributed by atoms with Gasteiger partial charge in [0.25, 0.3) is 0 Å². The van der Waals surface area contributed by atoms with Crippen LogP contribution in [0, 0.1) is 5.92 Å². The van der Waals surface area contributed by atoms with Gasteiger partial charge in [0, 0.05) is 5.92 Å². The van der Waals surface area contributed by atoms with Crippen LogP contribution in [0.4, 0.5) is 5.82 Å². The van der Waals surface area contributed by atoms with Crippen molar-refractivity contribution in [3.63, 3.8) is 0 Å². The van der Waals surface area contributed by atoms with E-state index in [2.05, 4.69) is 15.0 Å². The quantitative estimate of drug-likeness (QED) is 0.526. The normalized spacial score (nSPS) is 31.1. The Morgan fingerprint density at radius 1 is 1.26 bits per heavy atom. The summed E-state index contributed by atoms with van der Waals surface area (Å²) in [6.07, 6.45) is 1.78. The van der Waals surface area contributed by atoms with E-state index < -0.39 is 12.2 Å². The lowest BCUT2D eigenvalue weighted by atomic mass is 10.1. The van der Waals surface area contributed by atoms with E-state index in [1.165, 1.54) is 6.33 Å². The first kappa shape index (κ1) is 12.3. The molecule has 0 saturated heterocycles. The number of fused-ring (bicyclic) bond motifs is 1. The van der Waals surface area contributed by atoms with Crippen molar-refractivity contribution in [3.05, 3.63) is 12.7 Å². The van der Waals surface area contributed by atoms with Crippen LogP contribution >= 0.6 is 0 Å². The number of hydrogen-bond acceptors (Lipinski definition) is 7. The Morgan fingerprint density at radius 3 is 2.74 bits per heavy atom. The fourth-order valence-electron chi connectivity index (χ4n) is 2.72. The minimum absolute atomic E-state index is 0.128. The molecule has 4 unspecified atom stereocenters. The Labute approximate surface area is 109 Å². The first-order valence-electron chi connectivity index (χ1n) is 6.12. The van der Waals surface area contributed by atoms with Gasteiger partial charge in [-0.3, -0.25) is 0 Å². The average Bonchev–Trinajstić information content (AvgIpc) is 2.94. The molecule has 2 heterocycles. The Morgan fingerprint density at radius 2 is 2.05 bits per heavy atom. The predicted molar refractivity (Wildman–Crippen MR) is 67.9 cm³/mol. The van der Waals surface area contributed by atoms with Gasteiger partial charge in [-0.2, -0.15) is 0 Å². The first-order chi connectivity index (χ1) is 9.13. The highest BCUT2D eigenvalue weighted by Crippen LogP contribution is 2.36. The van der Waals surface area contributed by atoms with Gasteiger partial charge in [0.1, 0.15) is 17.9 Å². The van der Waals surface area contributed by atoms with Gasteiger partial charge in [0.15, 0.2) is 11.5 Å². The smallest absolute Gasteiger partial charge is 0.165 e. The second-order valence-corrected chi connectivity index (χ2v) is 4.86. The van der Waals surface area contributed by atoms with E-state index in [4.69, 9.17) is 11.5 Å². The summed E-state index contributed by atoms with van der Waals surface area (Å²) >= 11 is 0. The largest absolute Gasteiger partial charge is 0.390 e. The van der Waals surface area contributed by atoms with E-state index in [9.17, 15) is 10.2 Å². The number of hydrogen-bond donors (Lipinski definition) is 4. The van der Waals surface area contributed by atoms with Crippen LogP contribution in [0.2, 0.25) is 0 Å². The number of anilines is 1. The zero-order chi connectivity index (χ0) is 13.6. The summed E-state index contributed by atoms with van der Waals surface area (Å²) in [5.74, 6) is 0.170. The summed E-state index contributed by atoms with van der Waals surface area (Å²) in [7, 11) is 0. The van der Waals surface area contributed by atoms with Crippen molar-refractivity contribution in [2.45, 2.75) is 24.7 Å². The Kier molecular flexibility index (Phi) is 2.85. The molecule has 19 heavy (non-hydrogen) atoms. The van der Waals surface area contributed by atoms with Gasteiger partial charge in [-0.05, 0) is 13.0 Å². The van der Waals surface area contributed by atoms with Crippen molar-refractivity contribution in [1.29, 1.82) is 0 Å². The molecule has 0 radical (unpaired) electrons. The maximum absolute atomic E-state index is 10.1. The van der Waals surface area contributed by atoms with E-state index in [1.807, 2.05) is 0 Å². The molecule has 0 amide bonds. The molecule has 0 aliphatic heterocycles. The summed E-state index contributed by atoms with van der Waals surface area (Å²) in [6, 6.07) is -0.303. The fraction of sp³-hybridized carbons (Fsp3) is 0.545. The standard InChI is InChI=1S/C11H16N6O2/c12-2-5-1-6(9(19)8(5)18)17-4-16-7-10(13)14-3-15-11(7)17/h3-6,8-9,18-19H,1-2,12H2,(H2,13,14,15). The number of nitrogens with two attached hydrogens (primary N) is 2. The van der Waals surface area contributed by atoms with Crippen molar-refractivity contribution >= 4 is 17.0 Å². The van der Waals surface area contributed by atoms with Crippen LogP contribution in [0.25, 0.3) is 11.2 Å². The molecule has 0 bridgehead atoms. The Balaban J connectivity index is 2.04. The summed E-state index contributed by atoms with van der Waals surface area (Å²) in [5.41, 5.74) is 12.4. The lowest BCUT2D eigenvalue weighted by Gasteiger charge is -2.18.